The minimum Gasteiger partial charge on any atom is -0.399 e. The molecule has 1 aromatic rings. The molecule has 0 spiro atoms. The number of ether oxygens (including phenoxy) is 1. The van der Waals surface area contributed by atoms with Gasteiger partial charge in [-0.3, -0.25) is 4.90 Å². The molecular weight excluding hydrogens is 212 g/mol. The van der Waals surface area contributed by atoms with Crippen molar-refractivity contribution in [3.63, 3.8) is 0 Å². The van der Waals surface area contributed by atoms with Crippen LogP contribution in [0.2, 0.25) is 0 Å². The first-order valence-corrected chi connectivity index (χ1v) is 6.49. The summed E-state index contributed by atoms with van der Waals surface area (Å²) >= 11 is 0. The van der Waals surface area contributed by atoms with Crippen LogP contribution in [0.3, 0.4) is 0 Å². The van der Waals surface area contributed by atoms with Gasteiger partial charge in [-0.15, -0.1) is 0 Å². The van der Waals surface area contributed by atoms with Crippen molar-refractivity contribution in [1.29, 1.82) is 0 Å². The second-order valence-electron chi connectivity index (χ2n) is 4.66. The number of hydrogen-bond acceptors (Lipinski definition) is 3. The van der Waals surface area contributed by atoms with Gasteiger partial charge in [-0.1, -0.05) is 12.1 Å². The number of morpholine rings is 1. The molecule has 0 bridgehead atoms. The Morgan fingerprint density at radius 3 is 2.76 bits per heavy atom. The fourth-order valence-electron chi connectivity index (χ4n) is 2.24. The first kappa shape index (κ1) is 12.4. The molecule has 1 fully saturated rings. The van der Waals surface area contributed by atoms with Crippen molar-refractivity contribution in [2.75, 3.05) is 38.6 Å². The molecular formula is C14H22N2O. The van der Waals surface area contributed by atoms with E-state index in [1.54, 1.807) is 0 Å². The highest BCUT2D eigenvalue weighted by Crippen LogP contribution is 2.10. The van der Waals surface area contributed by atoms with Crippen LogP contribution in [0.25, 0.3) is 0 Å². The Kier molecular flexibility index (Phi) is 4.83. The second-order valence-corrected chi connectivity index (χ2v) is 4.66. The maximum atomic E-state index is 5.76. The molecule has 2 N–H and O–H groups in total. The lowest BCUT2D eigenvalue weighted by Gasteiger charge is -2.26. The Morgan fingerprint density at radius 2 is 2.00 bits per heavy atom. The normalized spacial score (nSPS) is 17.2. The molecule has 2 rings (SSSR count). The van der Waals surface area contributed by atoms with Crippen molar-refractivity contribution >= 4 is 5.69 Å². The van der Waals surface area contributed by atoms with Crippen molar-refractivity contribution in [2.24, 2.45) is 0 Å². The largest absolute Gasteiger partial charge is 0.399 e. The van der Waals surface area contributed by atoms with Crippen molar-refractivity contribution < 1.29 is 4.74 Å². The number of unbranched alkanes of at least 4 members (excludes halogenated alkanes) is 1. The number of hydrogen-bond donors (Lipinski definition) is 1. The Labute approximate surface area is 104 Å². The van der Waals surface area contributed by atoms with Crippen LogP contribution >= 0.6 is 0 Å². The van der Waals surface area contributed by atoms with Crippen LogP contribution in [-0.4, -0.2) is 37.7 Å². The summed E-state index contributed by atoms with van der Waals surface area (Å²) in [5.41, 5.74) is 7.98. The van der Waals surface area contributed by atoms with Gasteiger partial charge in [-0.25, -0.2) is 0 Å². The standard InChI is InChI=1S/C14H22N2O/c15-14-6-3-5-13(12-14)4-1-2-7-16-8-10-17-11-9-16/h3,5-6,12H,1-2,4,7-11,15H2. The van der Waals surface area contributed by atoms with Crippen molar-refractivity contribution in [3.05, 3.63) is 29.8 Å². The van der Waals surface area contributed by atoms with E-state index in [-0.39, 0.29) is 0 Å². The Morgan fingerprint density at radius 1 is 1.18 bits per heavy atom. The summed E-state index contributed by atoms with van der Waals surface area (Å²) < 4.78 is 5.33. The fraction of sp³-hybridized carbons (Fsp3) is 0.571. The molecule has 0 atom stereocenters. The van der Waals surface area contributed by atoms with E-state index >= 15 is 0 Å². The van der Waals surface area contributed by atoms with Gasteiger partial charge in [0, 0.05) is 18.8 Å². The average molecular weight is 234 g/mol. The van der Waals surface area contributed by atoms with E-state index in [0.717, 1.165) is 38.4 Å². The zero-order valence-electron chi connectivity index (χ0n) is 10.4. The van der Waals surface area contributed by atoms with Crippen LogP contribution < -0.4 is 5.73 Å². The monoisotopic (exact) mass is 234 g/mol. The molecule has 0 unspecified atom stereocenters. The van der Waals surface area contributed by atoms with E-state index in [4.69, 9.17) is 10.5 Å². The van der Waals surface area contributed by atoms with Crippen molar-refractivity contribution in [2.45, 2.75) is 19.3 Å². The lowest BCUT2D eigenvalue weighted by molar-refractivity contribution is 0.0372. The van der Waals surface area contributed by atoms with Gasteiger partial charge in [-0.2, -0.15) is 0 Å². The van der Waals surface area contributed by atoms with Crippen LogP contribution in [-0.2, 0) is 11.2 Å². The molecule has 3 heteroatoms. The number of anilines is 1. The van der Waals surface area contributed by atoms with E-state index in [2.05, 4.69) is 17.0 Å². The number of aryl methyl sites for hydroxylation is 1. The quantitative estimate of drug-likeness (QED) is 0.625. The number of nitrogens with two attached hydrogens (primary N) is 1. The number of nitrogens with zero attached hydrogens (tertiary/aromatic N) is 1. The van der Waals surface area contributed by atoms with Gasteiger partial charge in [0.15, 0.2) is 0 Å². The SMILES string of the molecule is Nc1cccc(CCCCN2CCOCC2)c1. The molecule has 3 nitrogen and oxygen atoms in total. The van der Waals surface area contributed by atoms with Gasteiger partial charge < -0.3 is 10.5 Å². The lowest BCUT2D eigenvalue weighted by Crippen LogP contribution is -2.36. The highest BCUT2D eigenvalue weighted by molar-refractivity contribution is 5.40. The maximum Gasteiger partial charge on any atom is 0.0594 e. The summed E-state index contributed by atoms with van der Waals surface area (Å²) in [6, 6.07) is 8.21. The molecule has 1 saturated heterocycles. The van der Waals surface area contributed by atoms with E-state index in [9.17, 15) is 0 Å². The molecule has 0 aromatic heterocycles. The summed E-state index contributed by atoms with van der Waals surface area (Å²) in [5.74, 6) is 0. The molecule has 1 heterocycles. The Hall–Kier alpha value is -1.06. The molecule has 0 saturated carbocycles. The number of benzene rings is 1. The van der Waals surface area contributed by atoms with Gasteiger partial charge in [0.2, 0.25) is 0 Å². The lowest BCUT2D eigenvalue weighted by atomic mass is 10.1. The third-order valence-corrected chi connectivity index (χ3v) is 3.24. The zero-order valence-corrected chi connectivity index (χ0v) is 10.4. The smallest absolute Gasteiger partial charge is 0.0594 e. The third-order valence-electron chi connectivity index (χ3n) is 3.24. The number of nitrogen functional groups attached to an aromatic ring is 1. The summed E-state index contributed by atoms with van der Waals surface area (Å²) in [5, 5.41) is 0. The van der Waals surface area contributed by atoms with Crippen LogP contribution in [0, 0.1) is 0 Å². The Balaban J connectivity index is 1.62. The van der Waals surface area contributed by atoms with Crippen LogP contribution in [0.15, 0.2) is 24.3 Å². The topological polar surface area (TPSA) is 38.5 Å². The fourth-order valence-corrected chi connectivity index (χ4v) is 2.24. The third kappa shape index (κ3) is 4.36. The predicted octanol–water partition coefficient (Wildman–Crippen LogP) is 1.92. The van der Waals surface area contributed by atoms with Crippen molar-refractivity contribution in [1.82, 2.24) is 4.90 Å². The van der Waals surface area contributed by atoms with Crippen LogP contribution in [0.1, 0.15) is 18.4 Å². The molecule has 0 aliphatic carbocycles. The Bertz CT molecular complexity index is 335. The van der Waals surface area contributed by atoms with Gasteiger partial charge in [-0.05, 0) is 43.5 Å². The number of rotatable bonds is 5. The predicted molar refractivity (Wildman–Crippen MR) is 71.1 cm³/mol. The van der Waals surface area contributed by atoms with E-state index < -0.39 is 0 Å². The summed E-state index contributed by atoms with van der Waals surface area (Å²) in [6.07, 6.45) is 3.63. The first-order valence-electron chi connectivity index (χ1n) is 6.49. The molecule has 0 radical (unpaired) electrons. The van der Waals surface area contributed by atoms with Crippen LogP contribution in [0.5, 0.6) is 0 Å². The molecule has 17 heavy (non-hydrogen) atoms. The van der Waals surface area contributed by atoms with Crippen LogP contribution in [0.4, 0.5) is 5.69 Å². The zero-order chi connectivity index (χ0) is 11.9. The summed E-state index contributed by atoms with van der Waals surface area (Å²) in [7, 11) is 0. The molecule has 1 aliphatic rings. The van der Waals surface area contributed by atoms with E-state index in [1.165, 1.54) is 24.9 Å². The molecule has 1 aliphatic heterocycles. The second kappa shape index (κ2) is 6.62. The first-order chi connectivity index (χ1) is 8.34. The van der Waals surface area contributed by atoms with Gasteiger partial charge >= 0.3 is 0 Å². The summed E-state index contributed by atoms with van der Waals surface area (Å²) in [4.78, 5) is 2.49. The van der Waals surface area contributed by atoms with Gasteiger partial charge in [0.05, 0.1) is 13.2 Å². The minimum absolute atomic E-state index is 0.871. The highest BCUT2D eigenvalue weighted by atomic mass is 16.5. The molecule has 0 amide bonds. The van der Waals surface area contributed by atoms with E-state index in [0.29, 0.717) is 0 Å². The molecule has 1 aromatic carbocycles. The molecule has 94 valence electrons. The maximum absolute atomic E-state index is 5.76. The average Bonchev–Trinajstić information content (AvgIpc) is 2.36. The highest BCUT2D eigenvalue weighted by Gasteiger charge is 2.08. The van der Waals surface area contributed by atoms with Gasteiger partial charge in [0.1, 0.15) is 0 Å². The van der Waals surface area contributed by atoms with Gasteiger partial charge in [0.25, 0.3) is 0 Å². The summed E-state index contributed by atoms with van der Waals surface area (Å²) in [6.45, 7) is 5.19. The van der Waals surface area contributed by atoms with Crippen molar-refractivity contribution in [3.8, 4) is 0 Å². The van der Waals surface area contributed by atoms with E-state index in [1.807, 2.05) is 12.1 Å². The minimum atomic E-state index is 0.871.